The average molecular weight is 227 g/mol. The SMILES string of the molecule is C=C/C(=C\C=C/C)C(=O)NCc1ccccc1. The molecule has 0 bridgehead atoms. The van der Waals surface area contributed by atoms with Gasteiger partial charge >= 0.3 is 0 Å². The number of nitrogens with one attached hydrogen (secondary N) is 1. The van der Waals surface area contributed by atoms with Gasteiger partial charge in [0.1, 0.15) is 0 Å². The Morgan fingerprint density at radius 1 is 1.35 bits per heavy atom. The fourth-order valence-corrected chi connectivity index (χ4v) is 1.32. The molecule has 1 rings (SSSR count). The zero-order valence-corrected chi connectivity index (χ0v) is 10.0. The molecule has 0 atom stereocenters. The summed E-state index contributed by atoms with van der Waals surface area (Å²) >= 11 is 0. The normalized spacial score (nSPS) is 11.5. The third-order valence-corrected chi connectivity index (χ3v) is 2.25. The smallest absolute Gasteiger partial charge is 0.251 e. The maximum atomic E-state index is 11.8. The largest absolute Gasteiger partial charge is 0.348 e. The van der Waals surface area contributed by atoms with Crippen LogP contribution in [0.4, 0.5) is 0 Å². The van der Waals surface area contributed by atoms with Gasteiger partial charge in [0.2, 0.25) is 0 Å². The number of amides is 1. The van der Waals surface area contributed by atoms with Gasteiger partial charge in [0.15, 0.2) is 0 Å². The van der Waals surface area contributed by atoms with E-state index in [-0.39, 0.29) is 5.91 Å². The van der Waals surface area contributed by atoms with Gasteiger partial charge in [-0.2, -0.15) is 0 Å². The molecule has 0 radical (unpaired) electrons. The fraction of sp³-hybridized carbons (Fsp3) is 0.133. The van der Waals surface area contributed by atoms with Crippen molar-refractivity contribution in [3.63, 3.8) is 0 Å². The Kier molecular flexibility index (Phi) is 5.52. The van der Waals surface area contributed by atoms with Gasteiger partial charge in [0.05, 0.1) is 0 Å². The summed E-state index contributed by atoms with van der Waals surface area (Å²) in [6.07, 6.45) is 6.99. The summed E-state index contributed by atoms with van der Waals surface area (Å²) in [6.45, 7) is 6.06. The van der Waals surface area contributed by atoms with Crippen LogP contribution in [0.3, 0.4) is 0 Å². The summed E-state index contributed by atoms with van der Waals surface area (Å²) in [5.74, 6) is -0.109. The van der Waals surface area contributed by atoms with Crippen LogP contribution in [0.25, 0.3) is 0 Å². The van der Waals surface area contributed by atoms with Gasteiger partial charge in [-0.1, -0.05) is 55.1 Å². The minimum atomic E-state index is -0.109. The number of allylic oxidation sites excluding steroid dienone is 3. The van der Waals surface area contributed by atoms with E-state index in [0.29, 0.717) is 12.1 Å². The number of rotatable bonds is 5. The molecule has 2 nitrogen and oxygen atoms in total. The molecule has 1 aromatic rings. The number of carbonyl (C=O) groups excluding carboxylic acids is 1. The Hall–Kier alpha value is -2.09. The second-order valence-corrected chi connectivity index (χ2v) is 3.52. The molecule has 0 aliphatic carbocycles. The average Bonchev–Trinajstić information content (AvgIpc) is 2.38. The van der Waals surface area contributed by atoms with Crippen molar-refractivity contribution in [2.75, 3.05) is 0 Å². The van der Waals surface area contributed by atoms with E-state index in [1.807, 2.05) is 49.4 Å². The van der Waals surface area contributed by atoms with Crippen LogP contribution >= 0.6 is 0 Å². The van der Waals surface area contributed by atoms with Gasteiger partial charge in [-0.3, -0.25) is 4.79 Å². The quantitative estimate of drug-likeness (QED) is 0.608. The molecule has 0 heterocycles. The minimum absolute atomic E-state index is 0.109. The van der Waals surface area contributed by atoms with Crippen molar-refractivity contribution in [1.82, 2.24) is 5.32 Å². The molecule has 0 saturated carbocycles. The number of hydrogen-bond donors (Lipinski definition) is 1. The highest BCUT2D eigenvalue weighted by molar-refractivity contribution is 5.96. The molecule has 0 unspecified atom stereocenters. The van der Waals surface area contributed by atoms with Gasteiger partial charge in [-0.25, -0.2) is 0 Å². The lowest BCUT2D eigenvalue weighted by atomic mass is 10.2. The van der Waals surface area contributed by atoms with E-state index in [1.54, 1.807) is 12.2 Å². The van der Waals surface area contributed by atoms with E-state index in [4.69, 9.17) is 0 Å². The topological polar surface area (TPSA) is 29.1 Å². The summed E-state index contributed by atoms with van der Waals surface area (Å²) < 4.78 is 0. The molecular formula is C15H17NO. The molecule has 0 spiro atoms. The molecular weight excluding hydrogens is 210 g/mol. The van der Waals surface area contributed by atoms with E-state index < -0.39 is 0 Å². The molecule has 1 amide bonds. The molecule has 1 aromatic carbocycles. The van der Waals surface area contributed by atoms with Crippen LogP contribution < -0.4 is 5.32 Å². The van der Waals surface area contributed by atoms with Gasteiger partial charge in [-0.05, 0) is 18.6 Å². The monoisotopic (exact) mass is 227 g/mol. The molecule has 1 N–H and O–H groups in total. The maximum Gasteiger partial charge on any atom is 0.251 e. The van der Waals surface area contributed by atoms with E-state index in [9.17, 15) is 4.79 Å². The maximum absolute atomic E-state index is 11.8. The van der Waals surface area contributed by atoms with Crippen LogP contribution in [0.2, 0.25) is 0 Å². The standard InChI is InChI=1S/C15H17NO/c1-3-5-11-14(4-2)15(17)16-12-13-9-7-6-8-10-13/h3-11H,2,12H2,1H3,(H,16,17)/b5-3-,14-11+. The molecule has 0 saturated heterocycles. The van der Waals surface area contributed by atoms with Crippen molar-refractivity contribution < 1.29 is 4.79 Å². The third kappa shape index (κ3) is 4.51. The first kappa shape index (κ1) is 13.0. The van der Waals surface area contributed by atoms with Crippen molar-refractivity contribution in [2.45, 2.75) is 13.5 Å². The molecule has 88 valence electrons. The van der Waals surface area contributed by atoms with Crippen LogP contribution in [-0.4, -0.2) is 5.91 Å². The zero-order valence-electron chi connectivity index (χ0n) is 10.0. The van der Waals surface area contributed by atoms with Crippen molar-refractivity contribution in [3.8, 4) is 0 Å². The number of carbonyl (C=O) groups is 1. The first-order chi connectivity index (χ1) is 8.27. The number of benzene rings is 1. The molecule has 0 aromatic heterocycles. The van der Waals surface area contributed by atoms with E-state index >= 15 is 0 Å². The fourth-order valence-electron chi connectivity index (χ4n) is 1.32. The summed E-state index contributed by atoms with van der Waals surface area (Å²) in [5, 5.41) is 2.85. The van der Waals surface area contributed by atoms with Crippen LogP contribution in [0.5, 0.6) is 0 Å². The minimum Gasteiger partial charge on any atom is -0.348 e. The molecule has 0 aliphatic heterocycles. The second kappa shape index (κ2) is 7.23. The van der Waals surface area contributed by atoms with Gasteiger partial charge < -0.3 is 5.32 Å². The van der Waals surface area contributed by atoms with E-state index in [1.165, 1.54) is 0 Å². The van der Waals surface area contributed by atoms with E-state index in [2.05, 4.69) is 11.9 Å². The van der Waals surface area contributed by atoms with Gasteiger partial charge in [-0.15, -0.1) is 0 Å². The predicted molar refractivity (Wildman–Crippen MR) is 71.4 cm³/mol. The van der Waals surface area contributed by atoms with Gasteiger partial charge in [0.25, 0.3) is 5.91 Å². The molecule has 0 fully saturated rings. The molecule has 0 aliphatic rings. The predicted octanol–water partition coefficient (Wildman–Crippen LogP) is 2.99. The van der Waals surface area contributed by atoms with Crippen molar-refractivity contribution >= 4 is 5.91 Å². The third-order valence-electron chi connectivity index (χ3n) is 2.25. The lowest BCUT2D eigenvalue weighted by molar-refractivity contribution is -0.117. The Morgan fingerprint density at radius 2 is 2.06 bits per heavy atom. The number of hydrogen-bond acceptors (Lipinski definition) is 1. The summed E-state index contributed by atoms with van der Waals surface area (Å²) in [7, 11) is 0. The zero-order chi connectivity index (χ0) is 12.5. The highest BCUT2D eigenvalue weighted by Gasteiger charge is 2.03. The lowest BCUT2D eigenvalue weighted by Gasteiger charge is -2.05. The van der Waals surface area contributed by atoms with Crippen LogP contribution in [0.1, 0.15) is 12.5 Å². The first-order valence-corrected chi connectivity index (χ1v) is 5.55. The van der Waals surface area contributed by atoms with E-state index in [0.717, 1.165) is 5.56 Å². The van der Waals surface area contributed by atoms with Gasteiger partial charge in [0, 0.05) is 12.1 Å². The highest BCUT2D eigenvalue weighted by atomic mass is 16.1. The van der Waals surface area contributed by atoms with Crippen LogP contribution in [-0.2, 0) is 11.3 Å². The Morgan fingerprint density at radius 3 is 2.65 bits per heavy atom. The van der Waals surface area contributed by atoms with Crippen LogP contribution in [0, 0.1) is 0 Å². The highest BCUT2D eigenvalue weighted by Crippen LogP contribution is 2.00. The summed E-state index contributed by atoms with van der Waals surface area (Å²) in [6, 6.07) is 9.80. The lowest BCUT2D eigenvalue weighted by Crippen LogP contribution is -2.23. The summed E-state index contributed by atoms with van der Waals surface area (Å²) in [4.78, 5) is 11.8. The van der Waals surface area contributed by atoms with Crippen molar-refractivity contribution in [3.05, 3.63) is 72.4 Å². The molecule has 2 heteroatoms. The summed E-state index contributed by atoms with van der Waals surface area (Å²) in [5.41, 5.74) is 1.65. The van der Waals surface area contributed by atoms with Crippen molar-refractivity contribution in [1.29, 1.82) is 0 Å². The Bertz CT molecular complexity index is 429. The van der Waals surface area contributed by atoms with Crippen molar-refractivity contribution in [2.24, 2.45) is 0 Å². The Balaban J connectivity index is 2.57. The Labute approximate surface area is 102 Å². The first-order valence-electron chi connectivity index (χ1n) is 5.55. The second-order valence-electron chi connectivity index (χ2n) is 3.52. The van der Waals surface area contributed by atoms with Crippen LogP contribution in [0.15, 0.2) is 66.8 Å². The molecule has 17 heavy (non-hydrogen) atoms.